The summed E-state index contributed by atoms with van der Waals surface area (Å²) in [5.41, 5.74) is 0. The third-order valence-electron chi connectivity index (χ3n) is 2.27. The molecule has 88 valence electrons. The third kappa shape index (κ3) is 5.40. The summed E-state index contributed by atoms with van der Waals surface area (Å²) < 4.78 is 0. The highest BCUT2D eigenvalue weighted by Crippen LogP contribution is 1.99. The Labute approximate surface area is 92.0 Å². The molecule has 4 heteroatoms. The molecule has 0 spiro atoms. The van der Waals surface area contributed by atoms with Crippen LogP contribution in [0.2, 0.25) is 0 Å². The number of amides is 2. The first-order valence-electron chi connectivity index (χ1n) is 5.68. The maximum atomic E-state index is 11.6. The van der Waals surface area contributed by atoms with Gasteiger partial charge in [0.25, 0.3) is 0 Å². The van der Waals surface area contributed by atoms with Crippen LogP contribution in [-0.2, 0) is 9.59 Å². The van der Waals surface area contributed by atoms with Gasteiger partial charge in [0.15, 0.2) is 0 Å². The van der Waals surface area contributed by atoms with Crippen molar-refractivity contribution in [3.8, 4) is 0 Å². The van der Waals surface area contributed by atoms with Gasteiger partial charge in [-0.2, -0.15) is 0 Å². The molecular weight excluding hydrogens is 192 g/mol. The van der Waals surface area contributed by atoms with Crippen LogP contribution in [0.1, 0.15) is 39.5 Å². The zero-order chi connectivity index (χ0) is 11.7. The smallest absolute Gasteiger partial charge is 0.311 e. The van der Waals surface area contributed by atoms with Gasteiger partial charge in [0, 0.05) is 20.1 Å². The number of rotatable bonds is 6. The Balaban J connectivity index is 4.19. The molecule has 0 bridgehead atoms. The molecule has 0 fully saturated rings. The number of hydrogen-bond donors (Lipinski definition) is 1. The van der Waals surface area contributed by atoms with Crippen molar-refractivity contribution in [2.24, 2.45) is 0 Å². The maximum absolute atomic E-state index is 11.6. The fourth-order valence-electron chi connectivity index (χ4n) is 1.26. The molecule has 0 aromatic carbocycles. The van der Waals surface area contributed by atoms with Crippen LogP contribution in [0.15, 0.2) is 0 Å². The van der Waals surface area contributed by atoms with E-state index in [4.69, 9.17) is 0 Å². The number of carbonyl (C=O) groups is 2. The molecular formula is C11H22N2O2. The second-order valence-corrected chi connectivity index (χ2v) is 3.58. The maximum Gasteiger partial charge on any atom is 0.311 e. The van der Waals surface area contributed by atoms with Crippen molar-refractivity contribution in [1.82, 2.24) is 10.2 Å². The van der Waals surface area contributed by atoms with Gasteiger partial charge in [-0.15, -0.1) is 0 Å². The zero-order valence-corrected chi connectivity index (χ0v) is 10.0. The van der Waals surface area contributed by atoms with Crippen LogP contribution < -0.4 is 5.32 Å². The summed E-state index contributed by atoms with van der Waals surface area (Å²) in [6, 6.07) is 0. The molecule has 0 saturated carbocycles. The second-order valence-electron chi connectivity index (χ2n) is 3.58. The lowest BCUT2D eigenvalue weighted by Crippen LogP contribution is -2.42. The van der Waals surface area contributed by atoms with E-state index in [1.54, 1.807) is 4.90 Å². The highest BCUT2D eigenvalue weighted by atomic mass is 16.2. The number of likely N-dealkylation sites (N-methyl/N-ethyl adjacent to an activating group) is 1. The van der Waals surface area contributed by atoms with Crippen LogP contribution in [0.3, 0.4) is 0 Å². The molecule has 4 nitrogen and oxygen atoms in total. The minimum atomic E-state index is -0.512. The molecule has 0 heterocycles. The van der Waals surface area contributed by atoms with Crippen molar-refractivity contribution in [1.29, 1.82) is 0 Å². The Morgan fingerprint density at radius 1 is 1.07 bits per heavy atom. The van der Waals surface area contributed by atoms with Crippen LogP contribution >= 0.6 is 0 Å². The Morgan fingerprint density at radius 3 is 1.87 bits per heavy atom. The fraction of sp³-hybridized carbons (Fsp3) is 0.818. The molecule has 0 radical (unpaired) electrons. The average Bonchev–Trinajstić information content (AvgIpc) is 2.27. The normalized spacial score (nSPS) is 9.80. The van der Waals surface area contributed by atoms with Gasteiger partial charge in [-0.25, -0.2) is 0 Å². The molecule has 0 saturated heterocycles. The van der Waals surface area contributed by atoms with Crippen LogP contribution in [0.25, 0.3) is 0 Å². The first-order valence-corrected chi connectivity index (χ1v) is 5.68. The number of nitrogens with one attached hydrogen (secondary N) is 1. The van der Waals surface area contributed by atoms with Gasteiger partial charge < -0.3 is 10.2 Å². The molecule has 0 aromatic heterocycles. The largest absolute Gasteiger partial charge is 0.351 e. The summed E-state index contributed by atoms with van der Waals surface area (Å²) in [4.78, 5) is 24.4. The van der Waals surface area contributed by atoms with Gasteiger partial charge >= 0.3 is 11.8 Å². The highest BCUT2D eigenvalue weighted by Gasteiger charge is 2.19. The van der Waals surface area contributed by atoms with Crippen molar-refractivity contribution in [2.75, 3.05) is 20.1 Å². The Bertz CT molecular complexity index is 197. The van der Waals surface area contributed by atoms with E-state index in [1.165, 1.54) is 7.05 Å². The standard InChI is InChI=1S/C11H22N2O2/c1-4-6-8-13(9-7-5-2)11(15)10(14)12-3/h4-9H2,1-3H3,(H,12,14). The van der Waals surface area contributed by atoms with Gasteiger partial charge in [0.05, 0.1) is 0 Å². The van der Waals surface area contributed by atoms with Crippen molar-refractivity contribution < 1.29 is 9.59 Å². The third-order valence-corrected chi connectivity index (χ3v) is 2.27. The van der Waals surface area contributed by atoms with Crippen LogP contribution in [0.5, 0.6) is 0 Å². The van der Waals surface area contributed by atoms with E-state index in [-0.39, 0.29) is 0 Å². The minimum absolute atomic E-state index is 0.403. The highest BCUT2D eigenvalue weighted by molar-refractivity contribution is 6.34. The van der Waals surface area contributed by atoms with Crippen molar-refractivity contribution >= 4 is 11.8 Å². The van der Waals surface area contributed by atoms with Crippen molar-refractivity contribution in [3.05, 3.63) is 0 Å². The van der Waals surface area contributed by atoms with E-state index < -0.39 is 11.8 Å². The minimum Gasteiger partial charge on any atom is -0.351 e. The fourth-order valence-corrected chi connectivity index (χ4v) is 1.26. The van der Waals surface area contributed by atoms with E-state index in [0.717, 1.165) is 25.7 Å². The monoisotopic (exact) mass is 214 g/mol. The Morgan fingerprint density at radius 2 is 1.53 bits per heavy atom. The Kier molecular flexibility index (Phi) is 7.68. The van der Waals surface area contributed by atoms with Crippen LogP contribution in [0.4, 0.5) is 0 Å². The summed E-state index contributed by atoms with van der Waals surface area (Å²) >= 11 is 0. The van der Waals surface area contributed by atoms with Gasteiger partial charge in [-0.1, -0.05) is 26.7 Å². The van der Waals surface area contributed by atoms with E-state index in [9.17, 15) is 9.59 Å². The first-order chi connectivity index (χ1) is 7.17. The summed E-state index contributed by atoms with van der Waals surface area (Å²) in [6.45, 7) is 5.51. The topological polar surface area (TPSA) is 49.4 Å². The van der Waals surface area contributed by atoms with Crippen LogP contribution in [-0.4, -0.2) is 36.9 Å². The molecule has 0 aromatic rings. The van der Waals surface area contributed by atoms with Crippen molar-refractivity contribution in [2.45, 2.75) is 39.5 Å². The number of unbranched alkanes of at least 4 members (excludes halogenated alkanes) is 2. The molecule has 0 aliphatic carbocycles. The molecule has 0 atom stereocenters. The lowest BCUT2D eigenvalue weighted by atomic mass is 10.2. The molecule has 2 amide bonds. The lowest BCUT2D eigenvalue weighted by Gasteiger charge is -2.21. The number of nitrogens with zero attached hydrogens (tertiary/aromatic N) is 1. The van der Waals surface area contributed by atoms with Crippen LogP contribution in [0, 0.1) is 0 Å². The second kappa shape index (κ2) is 8.26. The zero-order valence-electron chi connectivity index (χ0n) is 10.0. The number of hydrogen-bond acceptors (Lipinski definition) is 2. The summed E-state index contributed by atoms with van der Waals surface area (Å²) in [6.07, 6.45) is 3.96. The predicted octanol–water partition coefficient (Wildman–Crippen LogP) is 1.16. The van der Waals surface area contributed by atoms with Gasteiger partial charge in [-0.05, 0) is 12.8 Å². The summed E-state index contributed by atoms with van der Waals surface area (Å²) in [5, 5.41) is 2.37. The molecule has 0 aliphatic rings. The van der Waals surface area contributed by atoms with Gasteiger partial charge in [0.2, 0.25) is 0 Å². The van der Waals surface area contributed by atoms with E-state index in [0.29, 0.717) is 13.1 Å². The number of carbonyl (C=O) groups excluding carboxylic acids is 2. The SMILES string of the molecule is CCCCN(CCCC)C(=O)C(=O)NC. The molecule has 1 N–H and O–H groups in total. The van der Waals surface area contributed by atoms with Gasteiger partial charge in [0.1, 0.15) is 0 Å². The molecule has 0 rings (SSSR count). The Hall–Kier alpha value is -1.06. The summed E-state index contributed by atoms with van der Waals surface area (Å²) in [7, 11) is 1.48. The lowest BCUT2D eigenvalue weighted by molar-refractivity contribution is -0.145. The quantitative estimate of drug-likeness (QED) is 0.675. The van der Waals surface area contributed by atoms with Gasteiger partial charge in [-0.3, -0.25) is 9.59 Å². The predicted molar refractivity (Wildman–Crippen MR) is 60.5 cm³/mol. The van der Waals surface area contributed by atoms with E-state index in [2.05, 4.69) is 19.2 Å². The average molecular weight is 214 g/mol. The van der Waals surface area contributed by atoms with E-state index in [1.807, 2.05) is 0 Å². The molecule has 0 unspecified atom stereocenters. The molecule has 15 heavy (non-hydrogen) atoms. The first kappa shape index (κ1) is 13.9. The van der Waals surface area contributed by atoms with Crippen molar-refractivity contribution in [3.63, 3.8) is 0 Å². The van der Waals surface area contributed by atoms with E-state index >= 15 is 0 Å². The molecule has 0 aliphatic heterocycles. The summed E-state index contributed by atoms with van der Waals surface area (Å²) in [5.74, 6) is -0.915.